The van der Waals surface area contributed by atoms with Crippen LogP contribution in [0.4, 0.5) is 0 Å². The van der Waals surface area contributed by atoms with Crippen LogP contribution in [0.2, 0.25) is 0 Å². The quantitative estimate of drug-likeness (QED) is 0.804. The van der Waals surface area contributed by atoms with E-state index in [2.05, 4.69) is 15.5 Å². The first kappa shape index (κ1) is 14.9. The van der Waals surface area contributed by atoms with Gasteiger partial charge in [-0.1, -0.05) is 60.2 Å². The van der Waals surface area contributed by atoms with E-state index in [1.165, 1.54) is 5.56 Å². The second-order valence-electron chi connectivity index (χ2n) is 5.34. The Bertz CT molecular complexity index is 798. The Kier molecular flexibility index (Phi) is 4.43. The van der Waals surface area contributed by atoms with Gasteiger partial charge in [0, 0.05) is 12.1 Å². The zero-order valence-corrected chi connectivity index (χ0v) is 12.9. The van der Waals surface area contributed by atoms with Gasteiger partial charge in [-0.2, -0.15) is 0 Å². The van der Waals surface area contributed by atoms with Crippen LogP contribution < -0.4 is 5.32 Å². The fourth-order valence-corrected chi connectivity index (χ4v) is 2.31. The summed E-state index contributed by atoms with van der Waals surface area (Å²) in [6, 6.07) is 21.3. The Morgan fingerprint density at radius 3 is 2.48 bits per heavy atom. The van der Waals surface area contributed by atoms with Crippen LogP contribution in [0.1, 0.15) is 21.6 Å². The van der Waals surface area contributed by atoms with E-state index in [0.717, 1.165) is 16.8 Å². The highest BCUT2D eigenvalue weighted by molar-refractivity contribution is 5.92. The number of aryl methyl sites for hydroxylation is 1. The van der Waals surface area contributed by atoms with Crippen molar-refractivity contribution in [3.63, 3.8) is 0 Å². The molecule has 2 aromatic carbocycles. The summed E-state index contributed by atoms with van der Waals surface area (Å²) < 4.78 is 0. The van der Waals surface area contributed by atoms with E-state index in [4.69, 9.17) is 0 Å². The van der Waals surface area contributed by atoms with Crippen LogP contribution in [0.15, 0.2) is 66.7 Å². The molecule has 0 radical (unpaired) electrons. The van der Waals surface area contributed by atoms with E-state index in [0.29, 0.717) is 12.2 Å². The average Bonchev–Trinajstić information content (AvgIpc) is 2.61. The van der Waals surface area contributed by atoms with Gasteiger partial charge in [-0.05, 0) is 24.6 Å². The smallest absolute Gasteiger partial charge is 0.272 e. The Balaban J connectivity index is 1.66. The van der Waals surface area contributed by atoms with Gasteiger partial charge < -0.3 is 5.32 Å². The summed E-state index contributed by atoms with van der Waals surface area (Å²) in [5, 5.41) is 11.0. The van der Waals surface area contributed by atoms with Crippen molar-refractivity contribution in [3.8, 4) is 11.3 Å². The summed E-state index contributed by atoms with van der Waals surface area (Å²) in [5.74, 6) is -0.224. The lowest BCUT2D eigenvalue weighted by Crippen LogP contribution is -2.24. The molecule has 23 heavy (non-hydrogen) atoms. The van der Waals surface area contributed by atoms with Gasteiger partial charge in [-0.25, -0.2) is 0 Å². The predicted octanol–water partition coefficient (Wildman–Crippen LogP) is 3.38. The first-order valence-electron chi connectivity index (χ1n) is 7.45. The van der Waals surface area contributed by atoms with Crippen molar-refractivity contribution in [2.75, 3.05) is 0 Å². The monoisotopic (exact) mass is 303 g/mol. The maximum Gasteiger partial charge on any atom is 0.272 e. The van der Waals surface area contributed by atoms with Gasteiger partial charge in [0.05, 0.1) is 5.69 Å². The number of benzene rings is 2. The molecule has 1 aromatic heterocycles. The number of rotatable bonds is 4. The maximum absolute atomic E-state index is 12.1. The Morgan fingerprint density at radius 2 is 1.78 bits per heavy atom. The summed E-state index contributed by atoms with van der Waals surface area (Å²) in [6.45, 7) is 2.50. The normalized spacial score (nSPS) is 10.3. The summed E-state index contributed by atoms with van der Waals surface area (Å²) in [7, 11) is 0. The van der Waals surface area contributed by atoms with E-state index in [-0.39, 0.29) is 5.91 Å². The molecule has 0 aliphatic carbocycles. The van der Waals surface area contributed by atoms with Gasteiger partial charge in [0.2, 0.25) is 0 Å². The zero-order valence-electron chi connectivity index (χ0n) is 12.9. The SMILES string of the molecule is Cc1cccc(CNC(=O)c2ccc(-c3ccccc3)nn2)c1. The van der Waals surface area contributed by atoms with E-state index >= 15 is 0 Å². The fraction of sp³-hybridized carbons (Fsp3) is 0.105. The van der Waals surface area contributed by atoms with Crippen molar-refractivity contribution < 1.29 is 4.79 Å². The number of amides is 1. The molecule has 0 saturated heterocycles. The minimum Gasteiger partial charge on any atom is -0.347 e. The molecule has 1 heterocycles. The van der Waals surface area contributed by atoms with Crippen molar-refractivity contribution in [2.45, 2.75) is 13.5 Å². The van der Waals surface area contributed by atoms with E-state index in [1.54, 1.807) is 6.07 Å². The third kappa shape index (κ3) is 3.80. The molecule has 3 rings (SSSR count). The maximum atomic E-state index is 12.1. The number of nitrogens with one attached hydrogen (secondary N) is 1. The highest BCUT2D eigenvalue weighted by atomic mass is 16.1. The minimum absolute atomic E-state index is 0.224. The van der Waals surface area contributed by atoms with Crippen LogP contribution in [0.3, 0.4) is 0 Å². The number of nitrogens with zero attached hydrogens (tertiary/aromatic N) is 2. The van der Waals surface area contributed by atoms with Crippen molar-refractivity contribution in [3.05, 3.63) is 83.6 Å². The molecule has 1 N–H and O–H groups in total. The van der Waals surface area contributed by atoms with Crippen LogP contribution in [0.25, 0.3) is 11.3 Å². The van der Waals surface area contributed by atoms with Gasteiger partial charge in [-0.15, -0.1) is 10.2 Å². The second-order valence-corrected chi connectivity index (χ2v) is 5.34. The molecule has 1 amide bonds. The van der Waals surface area contributed by atoms with Gasteiger partial charge >= 0.3 is 0 Å². The first-order valence-corrected chi connectivity index (χ1v) is 7.45. The largest absolute Gasteiger partial charge is 0.347 e. The molecule has 4 heteroatoms. The first-order chi connectivity index (χ1) is 11.2. The van der Waals surface area contributed by atoms with E-state index in [9.17, 15) is 4.79 Å². The zero-order chi connectivity index (χ0) is 16.1. The number of carbonyl (C=O) groups is 1. The molecular weight excluding hydrogens is 286 g/mol. The molecule has 0 fully saturated rings. The summed E-state index contributed by atoms with van der Waals surface area (Å²) in [4.78, 5) is 12.1. The highest BCUT2D eigenvalue weighted by Gasteiger charge is 2.08. The van der Waals surface area contributed by atoms with Crippen molar-refractivity contribution in [2.24, 2.45) is 0 Å². The van der Waals surface area contributed by atoms with E-state index in [1.807, 2.05) is 67.6 Å². The highest BCUT2D eigenvalue weighted by Crippen LogP contribution is 2.15. The van der Waals surface area contributed by atoms with Crippen LogP contribution in [0, 0.1) is 6.92 Å². The average molecular weight is 303 g/mol. The molecular formula is C19H17N3O. The number of carbonyl (C=O) groups excluding carboxylic acids is 1. The van der Waals surface area contributed by atoms with Gasteiger partial charge in [0.25, 0.3) is 5.91 Å². The molecule has 0 saturated carbocycles. The molecule has 0 aliphatic rings. The standard InChI is InChI=1S/C19H17N3O/c1-14-6-5-7-15(12-14)13-20-19(23)18-11-10-17(21-22-18)16-8-3-2-4-9-16/h2-12H,13H2,1H3,(H,20,23). The third-order valence-corrected chi connectivity index (χ3v) is 3.50. The lowest BCUT2D eigenvalue weighted by atomic mass is 10.1. The molecule has 0 unspecified atom stereocenters. The Morgan fingerprint density at radius 1 is 0.957 bits per heavy atom. The molecule has 4 nitrogen and oxygen atoms in total. The lowest BCUT2D eigenvalue weighted by Gasteiger charge is -2.06. The van der Waals surface area contributed by atoms with Gasteiger partial charge in [0.15, 0.2) is 5.69 Å². The van der Waals surface area contributed by atoms with Gasteiger partial charge in [0.1, 0.15) is 0 Å². The Labute approximate surface area is 135 Å². The molecule has 0 spiro atoms. The number of hydrogen-bond acceptors (Lipinski definition) is 3. The van der Waals surface area contributed by atoms with Crippen molar-refractivity contribution in [1.82, 2.24) is 15.5 Å². The van der Waals surface area contributed by atoms with Crippen molar-refractivity contribution in [1.29, 1.82) is 0 Å². The summed E-state index contributed by atoms with van der Waals surface area (Å²) in [6.07, 6.45) is 0. The van der Waals surface area contributed by atoms with E-state index < -0.39 is 0 Å². The third-order valence-electron chi connectivity index (χ3n) is 3.50. The van der Waals surface area contributed by atoms with Crippen LogP contribution in [0.5, 0.6) is 0 Å². The predicted molar refractivity (Wildman–Crippen MR) is 89.8 cm³/mol. The second kappa shape index (κ2) is 6.83. The summed E-state index contributed by atoms with van der Waals surface area (Å²) >= 11 is 0. The van der Waals surface area contributed by atoms with Gasteiger partial charge in [-0.3, -0.25) is 4.79 Å². The topological polar surface area (TPSA) is 54.9 Å². The van der Waals surface area contributed by atoms with Crippen LogP contribution >= 0.6 is 0 Å². The molecule has 0 aliphatic heterocycles. The fourth-order valence-electron chi connectivity index (χ4n) is 2.31. The molecule has 0 bridgehead atoms. The summed E-state index contributed by atoms with van der Waals surface area (Å²) in [5.41, 5.74) is 4.28. The molecule has 114 valence electrons. The molecule has 0 atom stereocenters. The van der Waals surface area contributed by atoms with Crippen molar-refractivity contribution >= 4 is 5.91 Å². The van der Waals surface area contributed by atoms with Crippen LogP contribution in [-0.2, 0) is 6.54 Å². The lowest BCUT2D eigenvalue weighted by molar-refractivity contribution is 0.0945. The number of hydrogen-bond donors (Lipinski definition) is 1. The van der Waals surface area contributed by atoms with Crippen LogP contribution in [-0.4, -0.2) is 16.1 Å². The molecule has 3 aromatic rings. The minimum atomic E-state index is -0.224. The number of aromatic nitrogens is 2. The Hall–Kier alpha value is -3.01.